The molecule has 104 valence electrons. The van der Waals surface area contributed by atoms with E-state index in [1.807, 2.05) is 6.07 Å². The van der Waals surface area contributed by atoms with E-state index in [0.29, 0.717) is 0 Å². The lowest BCUT2D eigenvalue weighted by Gasteiger charge is -2.40. The Morgan fingerprint density at radius 1 is 1.21 bits per heavy atom. The largest absolute Gasteiger partial charge is 0.370 e. The number of nitrogens with zero attached hydrogens (tertiary/aromatic N) is 1. The standard InChI is InChI=1S/C16H23FN2/c17-14-5-4-13-6-9-19(15(13)10-14)12-16(11-18)7-2-1-3-8-16/h4-5,10H,1-3,6-9,11-12,18H2. The lowest BCUT2D eigenvalue weighted by atomic mass is 9.73. The first-order valence-corrected chi connectivity index (χ1v) is 7.46. The van der Waals surface area contributed by atoms with Crippen molar-refractivity contribution in [1.29, 1.82) is 0 Å². The van der Waals surface area contributed by atoms with Crippen molar-refractivity contribution in [2.24, 2.45) is 11.1 Å². The highest BCUT2D eigenvalue weighted by atomic mass is 19.1. The van der Waals surface area contributed by atoms with Gasteiger partial charge in [-0.25, -0.2) is 4.39 Å². The Kier molecular flexibility index (Phi) is 3.48. The van der Waals surface area contributed by atoms with Gasteiger partial charge in [-0.1, -0.05) is 25.3 Å². The van der Waals surface area contributed by atoms with Gasteiger partial charge in [0.25, 0.3) is 0 Å². The van der Waals surface area contributed by atoms with E-state index in [1.54, 1.807) is 12.1 Å². The third-order valence-electron chi connectivity index (χ3n) is 4.91. The Morgan fingerprint density at radius 2 is 2.00 bits per heavy atom. The summed E-state index contributed by atoms with van der Waals surface area (Å²) in [6, 6.07) is 5.19. The zero-order valence-corrected chi connectivity index (χ0v) is 11.5. The minimum atomic E-state index is -0.129. The lowest BCUT2D eigenvalue weighted by molar-refractivity contribution is 0.204. The van der Waals surface area contributed by atoms with Crippen LogP contribution in [0.15, 0.2) is 18.2 Å². The predicted octanol–water partition coefficient (Wildman–Crippen LogP) is 3.10. The molecule has 2 N–H and O–H groups in total. The van der Waals surface area contributed by atoms with Gasteiger partial charge in [0.2, 0.25) is 0 Å². The molecule has 1 aliphatic carbocycles. The van der Waals surface area contributed by atoms with Crippen LogP contribution in [0.2, 0.25) is 0 Å². The van der Waals surface area contributed by atoms with E-state index in [2.05, 4.69) is 4.90 Å². The fourth-order valence-electron chi connectivity index (χ4n) is 3.72. The van der Waals surface area contributed by atoms with Crippen molar-refractivity contribution in [1.82, 2.24) is 0 Å². The van der Waals surface area contributed by atoms with Gasteiger partial charge in [0.15, 0.2) is 0 Å². The molecule has 0 spiro atoms. The number of hydrogen-bond acceptors (Lipinski definition) is 2. The van der Waals surface area contributed by atoms with Gasteiger partial charge in [0.1, 0.15) is 5.82 Å². The number of anilines is 1. The zero-order valence-electron chi connectivity index (χ0n) is 11.5. The average molecular weight is 262 g/mol. The average Bonchev–Trinajstić information content (AvgIpc) is 2.82. The summed E-state index contributed by atoms with van der Waals surface area (Å²) < 4.78 is 13.4. The molecular weight excluding hydrogens is 239 g/mol. The first-order valence-electron chi connectivity index (χ1n) is 7.46. The van der Waals surface area contributed by atoms with E-state index in [-0.39, 0.29) is 11.2 Å². The van der Waals surface area contributed by atoms with Gasteiger partial charge >= 0.3 is 0 Å². The van der Waals surface area contributed by atoms with Crippen molar-refractivity contribution in [3.8, 4) is 0 Å². The maximum Gasteiger partial charge on any atom is 0.125 e. The van der Waals surface area contributed by atoms with Crippen molar-refractivity contribution in [3.63, 3.8) is 0 Å². The maximum atomic E-state index is 13.4. The van der Waals surface area contributed by atoms with Crippen LogP contribution >= 0.6 is 0 Å². The van der Waals surface area contributed by atoms with Crippen LogP contribution in [0, 0.1) is 11.2 Å². The van der Waals surface area contributed by atoms with Gasteiger partial charge in [-0.3, -0.25) is 0 Å². The lowest BCUT2D eigenvalue weighted by Crippen LogP contribution is -2.43. The van der Waals surface area contributed by atoms with Gasteiger partial charge in [-0.05, 0) is 43.5 Å². The second kappa shape index (κ2) is 5.12. The zero-order chi connectivity index (χ0) is 13.3. The van der Waals surface area contributed by atoms with Crippen molar-refractivity contribution >= 4 is 5.69 Å². The molecule has 1 aromatic carbocycles. The molecule has 1 aliphatic heterocycles. The van der Waals surface area contributed by atoms with Crippen LogP contribution in [0.5, 0.6) is 0 Å². The van der Waals surface area contributed by atoms with E-state index in [0.717, 1.165) is 31.7 Å². The number of rotatable bonds is 3. The molecule has 2 aliphatic rings. The third kappa shape index (κ3) is 2.48. The molecule has 3 rings (SSSR count). The highest BCUT2D eigenvalue weighted by molar-refractivity contribution is 5.58. The van der Waals surface area contributed by atoms with E-state index in [1.165, 1.54) is 37.7 Å². The minimum Gasteiger partial charge on any atom is -0.370 e. The second-order valence-corrected chi connectivity index (χ2v) is 6.21. The van der Waals surface area contributed by atoms with E-state index >= 15 is 0 Å². The molecule has 0 unspecified atom stereocenters. The molecule has 0 amide bonds. The van der Waals surface area contributed by atoms with Crippen molar-refractivity contribution in [2.75, 3.05) is 24.5 Å². The summed E-state index contributed by atoms with van der Waals surface area (Å²) in [5.41, 5.74) is 8.70. The summed E-state index contributed by atoms with van der Waals surface area (Å²) >= 11 is 0. The summed E-state index contributed by atoms with van der Waals surface area (Å²) in [4.78, 5) is 2.36. The van der Waals surface area contributed by atoms with Crippen molar-refractivity contribution in [2.45, 2.75) is 38.5 Å². The van der Waals surface area contributed by atoms with E-state index in [4.69, 9.17) is 5.73 Å². The number of halogens is 1. The Morgan fingerprint density at radius 3 is 2.74 bits per heavy atom. The highest BCUT2D eigenvalue weighted by Gasteiger charge is 2.34. The minimum absolute atomic E-state index is 0.129. The van der Waals surface area contributed by atoms with E-state index < -0.39 is 0 Å². The van der Waals surface area contributed by atoms with Crippen LogP contribution in [-0.2, 0) is 6.42 Å². The Bertz CT molecular complexity index is 452. The predicted molar refractivity (Wildman–Crippen MR) is 76.9 cm³/mol. The van der Waals surface area contributed by atoms with Gasteiger partial charge < -0.3 is 10.6 Å². The molecule has 0 radical (unpaired) electrons. The van der Waals surface area contributed by atoms with Crippen LogP contribution in [0.3, 0.4) is 0 Å². The van der Waals surface area contributed by atoms with Crippen molar-refractivity contribution in [3.05, 3.63) is 29.6 Å². The summed E-state index contributed by atoms with van der Waals surface area (Å²) in [5, 5.41) is 0. The van der Waals surface area contributed by atoms with Gasteiger partial charge in [-0.2, -0.15) is 0 Å². The molecule has 0 atom stereocenters. The fourth-order valence-corrected chi connectivity index (χ4v) is 3.72. The van der Waals surface area contributed by atoms with Gasteiger partial charge in [0.05, 0.1) is 0 Å². The quantitative estimate of drug-likeness (QED) is 0.907. The van der Waals surface area contributed by atoms with Crippen LogP contribution in [0.4, 0.5) is 10.1 Å². The third-order valence-corrected chi connectivity index (χ3v) is 4.91. The van der Waals surface area contributed by atoms with Crippen LogP contribution in [0.1, 0.15) is 37.7 Å². The summed E-state index contributed by atoms with van der Waals surface area (Å²) in [6.07, 6.45) is 7.42. The molecule has 0 saturated heterocycles. The van der Waals surface area contributed by atoms with Crippen LogP contribution in [0.25, 0.3) is 0 Å². The first-order chi connectivity index (χ1) is 9.22. The summed E-state index contributed by atoms with van der Waals surface area (Å²) in [6.45, 7) is 2.77. The molecular formula is C16H23FN2. The molecule has 0 bridgehead atoms. The van der Waals surface area contributed by atoms with Crippen LogP contribution in [-0.4, -0.2) is 19.6 Å². The second-order valence-electron chi connectivity index (χ2n) is 6.21. The molecule has 19 heavy (non-hydrogen) atoms. The van der Waals surface area contributed by atoms with Crippen molar-refractivity contribution < 1.29 is 4.39 Å². The van der Waals surface area contributed by atoms with E-state index in [9.17, 15) is 4.39 Å². The Labute approximate surface area is 114 Å². The Hall–Kier alpha value is -1.09. The Balaban J connectivity index is 1.79. The molecule has 1 aromatic rings. The smallest absolute Gasteiger partial charge is 0.125 e. The topological polar surface area (TPSA) is 29.3 Å². The molecule has 2 nitrogen and oxygen atoms in total. The number of hydrogen-bond donors (Lipinski definition) is 1. The normalized spacial score (nSPS) is 21.5. The number of nitrogens with two attached hydrogens (primary N) is 1. The SMILES string of the molecule is NCC1(CN2CCc3ccc(F)cc32)CCCCC1. The number of benzene rings is 1. The van der Waals surface area contributed by atoms with Gasteiger partial charge in [0, 0.05) is 24.2 Å². The summed E-state index contributed by atoms with van der Waals surface area (Å²) in [7, 11) is 0. The first kappa shape index (κ1) is 12.9. The maximum absolute atomic E-state index is 13.4. The summed E-state index contributed by atoms with van der Waals surface area (Å²) in [5.74, 6) is -0.129. The fraction of sp³-hybridized carbons (Fsp3) is 0.625. The van der Waals surface area contributed by atoms with Gasteiger partial charge in [-0.15, -0.1) is 0 Å². The highest BCUT2D eigenvalue weighted by Crippen LogP contribution is 2.39. The molecule has 0 aromatic heterocycles. The molecule has 1 saturated carbocycles. The molecule has 3 heteroatoms. The number of fused-ring (bicyclic) bond motifs is 1. The monoisotopic (exact) mass is 262 g/mol. The molecule has 1 heterocycles. The van der Waals surface area contributed by atoms with Crippen LogP contribution < -0.4 is 10.6 Å². The molecule has 1 fully saturated rings.